The zero-order chi connectivity index (χ0) is 13.8. The molecule has 2 unspecified atom stereocenters. The van der Waals surface area contributed by atoms with Gasteiger partial charge < -0.3 is 5.32 Å². The Bertz CT molecular complexity index is 624. The molecular formula is C14H18FNO2S. The SMILES string of the molecule is CC1(C)CC1NC1CCS(=O)(=O)c2ccc(F)cc21. The van der Waals surface area contributed by atoms with Crippen LogP contribution in [0.4, 0.5) is 4.39 Å². The van der Waals surface area contributed by atoms with Crippen molar-refractivity contribution in [3.63, 3.8) is 0 Å². The number of halogens is 1. The summed E-state index contributed by atoms with van der Waals surface area (Å²) in [5.41, 5.74) is 0.859. The summed E-state index contributed by atoms with van der Waals surface area (Å²) in [5, 5.41) is 3.47. The molecule has 2 aliphatic rings. The molecular weight excluding hydrogens is 265 g/mol. The molecule has 19 heavy (non-hydrogen) atoms. The molecule has 0 bridgehead atoms. The lowest BCUT2D eigenvalue weighted by molar-refractivity contribution is 0.445. The van der Waals surface area contributed by atoms with Gasteiger partial charge in [0, 0.05) is 12.1 Å². The third kappa shape index (κ3) is 2.30. The van der Waals surface area contributed by atoms with E-state index in [2.05, 4.69) is 19.2 Å². The molecule has 1 aromatic rings. The summed E-state index contributed by atoms with van der Waals surface area (Å²) in [6, 6.07) is 4.32. The summed E-state index contributed by atoms with van der Waals surface area (Å²) in [5.74, 6) is -0.242. The van der Waals surface area contributed by atoms with E-state index in [0.29, 0.717) is 18.0 Å². The third-order valence-electron chi connectivity index (χ3n) is 4.27. The normalized spacial score (nSPS) is 30.7. The van der Waals surface area contributed by atoms with Crippen molar-refractivity contribution in [1.82, 2.24) is 5.32 Å². The lowest BCUT2D eigenvalue weighted by Gasteiger charge is -2.27. The first-order chi connectivity index (χ1) is 8.79. The highest BCUT2D eigenvalue weighted by Gasteiger charge is 2.47. The maximum absolute atomic E-state index is 13.4. The quantitative estimate of drug-likeness (QED) is 0.848. The van der Waals surface area contributed by atoms with Crippen molar-refractivity contribution in [2.45, 2.75) is 43.7 Å². The van der Waals surface area contributed by atoms with Crippen LogP contribution in [0.5, 0.6) is 0 Å². The van der Waals surface area contributed by atoms with Crippen molar-refractivity contribution in [2.75, 3.05) is 5.75 Å². The second-order valence-electron chi connectivity index (χ2n) is 6.25. The lowest BCUT2D eigenvalue weighted by Crippen LogP contribution is -2.32. The van der Waals surface area contributed by atoms with Crippen molar-refractivity contribution >= 4 is 9.84 Å². The van der Waals surface area contributed by atoms with E-state index in [0.717, 1.165) is 6.42 Å². The maximum Gasteiger partial charge on any atom is 0.178 e. The summed E-state index contributed by atoms with van der Waals surface area (Å²) in [6.45, 7) is 4.35. The van der Waals surface area contributed by atoms with Gasteiger partial charge in [-0.05, 0) is 42.0 Å². The van der Waals surface area contributed by atoms with Crippen LogP contribution in [0.25, 0.3) is 0 Å². The van der Waals surface area contributed by atoms with Crippen LogP contribution in [-0.2, 0) is 9.84 Å². The summed E-state index contributed by atoms with van der Waals surface area (Å²) >= 11 is 0. The fourth-order valence-corrected chi connectivity index (χ4v) is 4.38. The lowest BCUT2D eigenvalue weighted by atomic mass is 10.0. The number of hydrogen-bond donors (Lipinski definition) is 1. The van der Waals surface area contributed by atoms with Gasteiger partial charge in [-0.1, -0.05) is 13.8 Å². The number of benzene rings is 1. The minimum Gasteiger partial charge on any atom is -0.307 e. The Morgan fingerprint density at radius 2 is 2.05 bits per heavy atom. The monoisotopic (exact) mass is 283 g/mol. The molecule has 0 amide bonds. The van der Waals surface area contributed by atoms with Crippen molar-refractivity contribution in [1.29, 1.82) is 0 Å². The molecule has 1 fully saturated rings. The van der Waals surface area contributed by atoms with Crippen LogP contribution >= 0.6 is 0 Å². The molecule has 2 atom stereocenters. The van der Waals surface area contributed by atoms with Gasteiger partial charge in [0.2, 0.25) is 0 Å². The summed E-state index contributed by atoms with van der Waals surface area (Å²) < 4.78 is 37.4. The molecule has 3 nitrogen and oxygen atoms in total. The van der Waals surface area contributed by atoms with Gasteiger partial charge in [0.1, 0.15) is 5.82 Å². The van der Waals surface area contributed by atoms with Crippen molar-refractivity contribution < 1.29 is 12.8 Å². The maximum atomic E-state index is 13.4. The zero-order valence-corrected chi connectivity index (χ0v) is 11.9. The first kappa shape index (κ1) is 13.1. The zero-order valence-electron chi connectivity index (χ0n) is 11.1. The molecule has 0 aromatic heterocycles. The van der Waals surface area contributed by atoms with Crippen LogP contribution in [0, 0.1) is 11.2 Å². The Hall–Kier alpha value is -0.940. The van der Waals surface area contributed by atoms with Gasteiger partial charge in [-0.25, -0.2) is 12.8 Å². The van der Waals surface area contributed by atoms with E-state index >= 15 is 0 Å². The predicted molar refractivity (Wildman–Crippen MR) is 71.1 cm³/mol. The number of rotatable bonds is 2. The summed E-state index contributed by atoms with van der Waals surface area (Å²) in [6.07, 6.45) is 1.60. The predicted octanol–water partition coefficient (Wildman–Crippen LogP) is 2.43. The van der Waals surface area contributed by atoms with E-state index < -0.39 is 9.84 Å². The highest BCUT2D eigenvalue weighted by Crippen LogP contribution is 2.47. The van der Waals surface area contributed by atoms with Gasteiger partial charge in [0.25, 0.3) is 0 Å². The van der Waals surface area contributed by atoms with Gasteiger partial charge in [-0.15, -0.1) is 0 Å². The van der Waals surface area contributed by atoms with Crippen LogP contribution in [0.1, 0.15) is 38.3 Å². The fraction of sp³-hybridized carbons (Fsp3) is 0.571. The molecule has 1 saturated carbocycles. The fourth-order valence-electron chi connectivity index (χ4n) is 2.78. The standard InChI is InChI=1S/C14H18FNO2S/c1-14(2)8-13(14)16-11-5-6-19(17,18)12-4-3-9(15)7-10(11)12/h3-4,7,11,13,16H,5-6,8H2,1-2H3. The summed E-state index contributed by atoms with van der Waals surface area (Å²) in [4.78, 5) is 0.288. The molecule has 0 saturated heterocycles. The average molecular weight is 283 g/mol. The molecule has 3 rings (SSSR count). The molecule has 0 radical (unpaired) electrons. The summed E-state index contributed by atoms with van der Waals surface area (Å²) in [7, 11) is -3.24. The van der Waals surface area contributed by atoms with Crippen LogP contribution in [0.3, 0.4) is 0 Å². The number of fused-ring (bicyclic) bond motifs is 1. The molecule has 1 N–H and O–H groups in total. The minimum atomic E-state index is -3.24. The second-order valence-corrected chi connectivity index (χ2v) is 8.33. The Labute approximate surface area is 113 Å². The highest BCUT2D eigenvalue weighted by atomic mass is 32.2. The molecule has 104 valence electrons. The van der Waals surface area contributed by atoms with E-state index in [1.165, 1.54) is 18.2 Å². The van der Waals surface area contributed by atoms with Gasteiger partial charge in [-0.2, -0.15) is 0 Å². The van der Waals surface area contributed by atoms with Gasteiger partial charge >= 0.3 is 0 Å². The van der Waals surface area contributed by atoms with Crippen molar-refractivity contribution in [3.8, 4) is 0 Å². The van der Waals surface area contributed by atoms with Gasteiger partial charge in [0.15, 0.2) is 9.84 Å². The average Bonchev–Trinajstić information content (AvgIpc) is 2.90. The highest BCUT2D eigenvalue weighted by molar-refractivity contribution is 7.91. The largest absolute Gasteiger partial charge is 0.307 e. The molecule has 1 aromatic carbocycles. The molecule has 1 aliphatic heterocycles. The van der Waals surface area contributed by atoms with Crippen LogP contribution in [0.2, 0.25) is 0 Å². The smallest absolute Gasteiger partial charge is 0.178 e. The Morgan fingerprint density at radius 3 is 2.68 bits per heavy atom. The van der Waals surface area contributed by atoms with Crippen LogP contribution in [0.15, 0.2) is 23.1 Å². The van der Waals surface area contributed by atoms with E-state index in [1.54, 1.807) is 0 Å². The van der Waals surface area contributed by atoms with Gasteiger partial charge in [-0.3, -0.25) is 0 Å². The van der Waals surface area contributed by atoms with E-state index in [1.807, 2.05) is 0 Å². The Balaban J connectivity index is 1.95. The Morgan fingerprint density at radius 1 is 1.37 bits per heavy atom. The van der Waals surface area contributed by atoms with E-state index in [9.17, 15) is 12.8 Å². The second kappa shape index (κ2) is 4.03. The number of hydrogen-bond acceptors (Lipinski definition) is 3. The number of sulfone groups is 1. The number of nitrogens with one attached hydrogen (secondary N) is 1. The van der Waals surface area contributed by atoms with E-state index in [4.69, 9.17) is 0 Å². The first-order valence-electron chi connectivity index (χ1n) is 6.58. The topological polar surface area (TPSA) is 46.2 Å². The molecule has 5 heteroatoms. The van der Waals surface area contributed by atoms with Crippen LogP contribution in [-0.4, -0.2) is 20.2 Å². The van der Waals surface area contributed by atoms with Crippen molar-refractivity contribution in [3.05, 3.63) is 29.6 Å². The van der Waals surface area contributed by atoms with Crippen LogP contribution < -0.4 is 5.32 Å². The first-order valence-corrected chi connectivity index (χ1v) is 8.23. The molecule has 1 aliphatic carbocycles. The Kier molecular flexibility index (Phi) is 2.77. The van der Waals surface area contributed by atoms with Gasteiger partial charge in [0.05, 0.1) is 10.6 Å². The molecule has 1 heterocycles. The van der Waals surface area contributed by atoms with Crippen molar-refractivity contribution in [2.24, 2.45) is 5.41 Å². The third-order valence-corrected chi connectivity index (χ3v) is 6.09. The molecule has 0 spiro atoms. The van der Waals surface area contributed by atoms with E-state index in [-0.39, 0.29) is 27.9 Å². The minimum absolute atomic E-state index is 0.0546.